The van der Waals surface area contributed by atoms with Crippen LogP contribution in [-0.2, 0) is 0 Å². The van der Waals surface area contributed by atoms with E-state index < -0.39 is 0 Å². The lowest BCUT2D eigenvalue weighted by atomic mass is 10.2. The fourth-order valence-corrected chi connectivity index (χ4v) is 1.77. The number of nitrogens with one attached hydrogen (secondary N) is 1. The predicted octanol–water partition coefficient (Wildman–Crippen LogP) is 4.13. The molecule has 1 aromatic heterocycles. The number of aromatic nitrogens is 1. The first-order chi connectivity index (χ1) is 8.06. The van der Waals surface area contributed by atoms with Crippen molar-refractivity contribution < 1.29 is 0 Å². The predicted molar refractivity (Wildman–Crippen MR) is 75.8 cm³/mol. The number of hydrogen-bond acceptors (Lipinski definition) is 3. The van der Waals surface area contributed by atoms with Crippen molar-refractivity contribution in [2.45, 2.75) is 6.92 Å². The number of aryl methyl sites for hydroxylation is 1. The van der Waals surface area contributed by atoms with E-state index in [0.29, 0.717) is 10.7 Å². The summed E-state index contributed by atoms with van der Waals surface area (Å²) in [7, 11) is 0. The minimum absolute atomic E-state index is 0.613. The van der Waals surface area contributed by atoms with Gasteiger partial charge in [-0.25, -0.2) is 4.98 Å². The highest BCUT2D eigenvalue weighted by molar-refractivity contribution is 9.10. The third kappa shape index (κ3) is 2.90. The van der Waals surface area contributed by atoms with Gasteiger partial charge in [-0.1, -0.05) is 11.6 Å². The maximum atomic E-state index is 6.06. The summed E-state index contributed by atoms with van der Waals surface area (Å²) >= 11 is 9.47. The molecule has 0 bridgehead atoms. The first-order valence-electron chi connectivity index (χ1n) is 5.00. The van der Waals surface area contributed by atoms with Crippen molar-refractivity contribution in [1.82, 2.24) is 4.98 Å². The lowest BCUT2D eigenvalue weighted by Gasteiger charge is -2.09. The van der Waals surface area contributed by atoms with Gasteiger partial charge >= 0.3 is 0 Å². The number of rotatable bonds is 2. The summed E-state index contributed by atoms with van der Waals surface area (Å²) in [4.78, 5) is 4.25. The van der Waals surface area contributed by atoms with E-state index in [1.165, 1.54) is 0 Å². The van der Waals surface area contributed by atoms with E-state index in [2.05, 4.69) is 26.2 Å². The summed E-state index contributed by atoms with van der Waals surface area (Å²) in [6, 6.07) is 7.23. The molecule has 0 amide bonds. The van der Waals surface area contributed by atoms with Gasteiger partial charge in [-0.2, -0.15) is 0 Å². The van der Waals surface area contributed by atoms with E-state index in [0.717, 1.165) is 21.5 Å². The Morgan fingerprint density at radius 2 is 2.12 bits per heavy atom. The van der Waals surface area contributed by atoms with Crippen molar-refractivity contribution in [3.63, 3.8) is 0 Å². The molecule has 0 saturated heterocycles. The number of nitrogens with zero attached hydrogens (tertiary/aromatic N) is 1. The molecule has 0 radical (unpaired) electrons. The molecule has 2 aromatic rings. The third-order valence-electron chi connectivity index (χ3n) is 2.30. The Morgan fingerprint density at radius 3 is 2.82 bits per heavy atom. The van der Waals surface area contributed by atoms with Crippen molar-refractivity contribution in [2.24, 2.45) is 0 Å². The zero-order chi connectivity index (χ0) is 12.4. The normalized spacial score (nSPS) is 10.3. The van der Waals surface area contributed by atoms with Gasteiger partial charge < -0.3 is 11.1 Å². The van der Waals surface area contributed by atoms with E-state index >= 15 is 0 Å². The van der Waals surface area contributed by atoms with E-state index in [1.54, 1.807) is 24.4 Å². The van der Waals surface area contributed by atoms with Crippen molar-refractivity contribution in [2.75, 3.05) is 11.1 Å². The zero-order valence-electron chi connectivity index (χ0n) is 9.17. The molecule has 0 unspecified atom stereocenters. The van der Waals surface area contributed by atoms with Gasteiger partial charge in [0.25, 0.3) is 0 Å². The number of nitrogen functional groups attached to an aromatic ring is 1. The highest BCUT2D eigenvalue weighted by Gasteiger charge is 2.03. The van der Waals surface area contributed by atoms with Gasteiger partial charge in [0, 0.05) is 16.4 Å². The number of nitrogens with two attached hydrogens (primary N) is 1. The highest BCUT2D eigenvalue weighted by Crippen LogP contribution is 2.27. The smallest absolute Gasteiger partial charge is 0.130 e. The van der Waals surface area contributed by atoms with E-state index in [9.17, 15) is 0 Å². The van der Waals surface area contributed by atoms with Gasteiger partial charge in [-0.15, -0.1) is 0 Å². The van der Waals surface area contributed by atoms with Crippen LogP contribution in [-0.4, -0.2) is 4.98 Å². The summed E-state index contributed by atoms with van der Waals surface area (Å²) in [6.45, 7) is 2.00. The summed E-state index contributed by atoms with van der Waals surface area (Å²) in [6.07, 6.45) is 1.75. The summed E-state index contributed by atoms with van der Waals surface area (Å²) in [5.74, 6) is 0.734. The molecule has 2 rings (SSSR count). The van der Waals surface area contributed by atoms with Crippen LogP contribution in [0.5, 0.6) is 0 Å². The van der Waals surface area contributed by atoms with Gasteiger partial charge in [0.15, 0.2) is 0 Å². The average molecular weight is 313 g/mol. The molecule has 17 heavy (non-hydrogen) atoms. The number of anilines is 3. The molecule has 0 fully saturated rings. The molecule has 0 aliphatic carbocycles. The molecule has 0 aliphatic heterocycles. The van der Waals surface area contributed by atoms with Crippen LogP contribution in [0.2, 0.25) is 5.02 Å². The Kier molecular flexibility index (Phi) is 3.54. The van der Waals surface area contributed by atoms with Gasteiger partial charge in [0.05, 0.1) is 10.7 Å². The Balaban J connectivity index is 2.31. The minimum atomic E-state index is 0.613. The molecule has 3 N–H and O–H groups in total. The van der Waals surface area contributed by atoms with E-state index in [-0.39, 0.29) is 0 Å². The molecule has 88 valence electrons. The molecular formula is C12H11BrClN3. The zero-order valence-corrected chi connectivity index (χ0v) is 11.5. The van der Waals surface area contributed by atoms with E-state index in [4.69, 9.17) is 17.3 Å². The lowest BCUT2D eigenvalue weighted by Crippen LogP contribution is -1.96. The van der Waals surface area contributed by atoms with Crippen LogP contribution >= 0.6 is 27.5 Å². The number of benzene rings is 1. The summed E-state index contributed by atoms with van der Waals surface area (Å²) < 4.78 is 0.974. The van der Waals surface area contributed by atoms with Crippen molar-refractivity contribution >= 4 is 44.7 Å². The average Bonchev–Trinajstić information content (AvgIpc) is 2.29. The largest absolute Gasteiger partial charge is 0.399 e. The molecule has 3 nitrogen and oxygen atoms in total. The second-order valence-corrected chi connectivity index (χ2v) is 4.94. The molecule has 0 aliphatic rings. The summed E-state index contributed by atoms with van der Waals surface area (Å²) in [5, 5.41) is 3.75. The fraction of sp³-hybridized carbons (Fsp3) is 0.0833. The molecule has 1 heterocycles. The topological polar surface area (TPSA) is 50.9 Å². The maximum absolute atomic E-state index is 6.06. The molecule has 5 heteroatoms. The van der Waals surface area contributed by atoms with Crippen LogP contribution in [0.1, 0.15) is 5.56 Å². The quantitative estimate of drug-likeness (QED) is 0.820. The van der Waals surface area contributed by atoms with Crippen LogP contribution in [0, 0.1) is 6.92 Å². The third-order valence-corrected chi connectivity index (χ3v) is 3.46. The van der Waals surface area contributed by atoms with Crippen LogP contribution in [0.25, 0.3) is 0 Å². The van der Waals surface area contributed by atoms with Crippen LogP contribution < -0.4 is 11.1 Å². The Bertz CT molecular complexity index is 557. The standard InChI is InChI=1S/C12H11BrClN3/c1-7-4-12(16-6-9(7)13)17-11-5-8(15)2-3-10(11)14/h2-6H,15H2,1H3,(H,16,17). The number of halogens is 2. The SMILES string of the molecule is Cc1cc(Nc2cc(N)ccc2Cl)ncc1Br. The molecular weight excluding hydrogens is 302 g/mol. The highest BCUT2D eigenvalue weighted by atomic mass is 79.9. The van der Waals surface area contributed by atoms with Crippen LogP contribution in [0.15, 0.2) is 34.9 Å². The fourth-order valence-electron chi connectivity index (χ4n) is 1.38. The van der Waals surface area contributed by atoms with Gasteiger partial charge in [-0.3, -0.25) is 0 Å². The summed E-state index contributed by atoms with van der Waals surface area (Å²) in [5.41, 5.74) is 8.22. The Morgan fingerprint density at radius 1 is 1.35 bits per heavy atom. The van der Waals surface area contributed by atoms with Crippen LogP contribution in [0.4, 0.5) is 17.2 Å². The molecule has 0 spiro atoms. The molecule has 0 atom stereocenters. The van der Waals surface area contributed by atoms with Gasteiger partial charge in [0.2, 0.25) is 0 Å². The first kappa shape index (κ1) is 12.2. The Labute approximate surface area is 113 Å². The van der Waals surface area contributed by atoms with Crippen molar-refractivity contribution in [3.05, 3.63) is 45.5 Å². The van der Waals surface area contributed by atoms with Gasteiger partial charge in [-0.05, 0) is 52.7 Å². The lowest BCUT2D eigenvalue weighted by molar-refractivity contribution is 1.25. The molecule has 1 aromatic carbocycles. The second kappa shape index (κ2) is 4.94. The van der Waals surface area contributed by atoms with Crippen LogP contribution in [0.3, 0.4) is 0 Å². The Hall–Kier alpha value is -1.26. The first-order valence-corrected chi connectivity index (χ1v) is 6.17. The van der Waals surface area contributed by atoms with Crippen molar-refractivity contribution in [3.8, 4) is 0 Å². The molecule has 0 saturated carbocycles. The second-order valence-electron chi connectivity index (χ2n) is 3.68. The van der Waals surface area contributed by atoms with Gasteiger partial charge in [0.1, 0.15) is 5.82 Å². The number of hydrogen-bond donors (Lipinski definition) is 2. The minimum Gasteiger partial charge on any atom is -0.399 e. The monoisotopic (exact) mass is 311 g/mol. The van der Waals surface area contributed by atoms with Crippen molar-refractivity contribution in [1.29, 1.82) is 0 Å². The van der Waals surface area contributed by atoms with E-state index in [1.807, 2.05) is 13.0 Å². The number of pyridine rings is 1. The maximum Gasteiger partial charge on any atom is 0.130 e.